The Hall–Kier alpha value is -2.36. The largest absolute Gasteiger partial charge is 0.495 e. The third-order valence-electron chi connectivity index (χ3n) is 3.79. The first-order valence-electron chi connectivity index (χ1n) is 6.83. The average Bonchev–Trinajstić information content (AvgIpc) is 3.27. The normalized spacial score (nSPS) is 14.7. The summed E-state index contributed by atoms with van der Waals surface area (Å²) < 4.78 is 7.23. The Morgan fingerprint density at radius 1 is 1.25 bits per heavy atom. The fraction of sp³-hybridized carbons (Fsp3) is 0.250. The van der Waals surface area contributed by atoms with E-state index in [1.54, 1.807) is 13.3 Å². The Bertz CT molecular complexity index is 774. The van der Waals surface area contributed by atoms with Gasteiger partial charge in [-0.05, 0) is 37.0 Å². The topological polar surface area (TPSA) is 39.4 Å². The lowest BCUT2D eigenvalue weighted by molar-refractivity contribution is 0.413. The van der Waals surface area contributed by atoms with Crippen molar-refractivity contribution in [3.8, 4) is 17.0 Å². The monoisotopic (exact) mass is 265 g/mol. The van der Waals surface area contributed by atoms with Gasteiger partial charge in [0.15, 0.2) is 0 Å². The number of pyridine rings is 2. The van der Waals surface area contributed by atoms with E-state index < -0.39 is 0 Å². The Labute approximate surface area is 117 Å². The van der Waals surface area contributed by atoms with Gasteiger partial charge >= 0.3 is 0 Å². The smallest absolute Gasteiger partial charge is 0.137 e. The molecule has 0 bridgehead atoms. The van der Waals surface area contributed by atoms with Gasteiger partial charge in [-0.25, -0.2) is 4.52 Å². The van der Waals surface area contributed by atoms with E-state index in [4.69, 9.17) is 9.84 Å². The molecule has 0 amide bonds. The third kappa shape index (κ3) is 1.76. The van der Waals surface area contributed by atoms with Crippen molar-refractivity contribution < 1.29 is 4.74 Å². The van der Waals surface area contributed by atoms with Gasteiger partial charge in [-0.2, -0.15) is 5.10 Å². The highest BCUT2D eigenvalue weighted by atomic mass is 16.5. The molecule has 100 valence electrons. The van der Waals surface area contributed by atoms with Crippen molar-refractivity contribution in [1.29, 1.82) is 0 Å². The highest BCUT2D eigenvalue weighted by Gasteiger charge is 2.30. The number of nitrogens with zero attached hydrogens (tertiary/aromatic N) is 3. The van der Waals surface area contributed by atoms with Crippen LogP contribution in [-0.2, 0) is 0 Å². The summed E-state index contributed by atoms with van der Waals surface area (Å²) in [5.74, 6) is 1.40. The molecule has 0 aliphatic heterocycles. The van der Waals surface area contributed by atoms with Crippen LogP contribution in [0, 0.1) is 0 Å². The van der Waals surface area contributed by atoms with Crippen LogP contribution in [-0.4, -0.2) is 21.7 Å². The lowest BCUT2D eigenvalue weighted by Gasteiger charge is -2.03. The maximum atomic E-state index is 5.27. The standard InChI is InChI=1S/C16H15N3O/c1-20-13-8-12(9-17-10-13)16-15(11-5-6-11)14-4-2-3-7-19(14)18-16/h2-4,7-11H,5-6H2,1H3. The van der Waals surface area contributed by atoms with E-state index in [0.717, 1.165) is 17.0 Å². The van der Waals surface area contributed by atoms with Crippen LogP contribution in [0.15, 0.2) is 42.9 Å². The molecule has 4 rings (SSSR count). The molecule has 1 aliphatic carbocycles. The highest BCUT2D eigenvalue weighted by molar-refractivity contribution is 5.74. The van der Waals surface area contributed by atoms with Gasteiger partial charge < -0.3 is 4.74 Å². The van der Waals surface area contributed by atoms with Crippen LogP contribution in [0.3, 0.4) is 0 Å². The summed E-state index contributed by atoms with van der Waals surface area (Å²) in [4.78, 5) is 4.25. The Morgan fingerprint density at radius 3 is 2.95 bits per heavy atom. The van der Waals surface area contributed by atoms with Crippen molar-refractivity contribution in [2.75, 3.05) is 7.11 Å². The summed E-state index contributed by atoms with van der Waals surface area (Å²) in [6, 6.07) is 8.21. The molecule has 3 aromatic heterocycles. The van der Waals surface area contributed by atoms with Crippen LogP contribution in [0.4, 0.5) is 0 Å². The molecular weight excluding hydrogens is 250 g/mol. The molecule has 4 heteroatoms. The van der Waals surface area contributed by atoms with Gasteiger partial charge in [0.05, 0.1) is 24.5 Å². The van der Waals surface area contributed by atoms with E-state index in [-0.39, 0.29) is 0 Å². The zero-order valence-corrected chi connectivity index (χ0v) is 11.3. The maximum Gasteiger partial charge on any atom is 0.137 e. The molecule has 1 saturated carbocycles. The Balaban J connectivity index is 1.96. The lowest BCUT2D eigenvalue weighted by atomic mass is 10.0. The molecule has 3 aromatic rings. The molecule has 0 unspecified atom stereocenters. The predicted molar refractivity (Wildman–Crippen MR) is 77.0 cm³/mol. The van der Waals surface area contributed by atoms with Crippen LogP contribution in [0.2, 0.25) is 0 Å². The number of hydrogen-bond donors (Lipinski definition) is 0. The number of aromatic nitrogens is 3. The van der Waals surface area contributed by atoms with Gasteiger partial charge in [-0.15, -0.1) is 0 Å². The molecule has 4 nitrogen and oxygen atoms in total. The minimum absolute atomic E-state index is 0.635. The number of methoxy groups -OCH3 is 1. The lowest BCUT2D eigenvalue weighted by Crippen LogP contribution is -1.89. The van der Waals surface area contributed by atoms with Gasteiger partial charge in [0.25, 0.3) is 0 Å². The zero-order valence-electron chi connectivity index (χ0n) is 11.3. The molecular formula is C16H15N3O. The van der Waals surface area contributed by atoms with Crippen LogP contribution in [0.1, 0.15) is 24.3 Å². The summed E-state index contributed by atoms with van der Waals surface area (Å²) in [6.45, 7) is 0. The SMILES string of the molecule is COc1cncc(-c2nn3ccccc3c2C2CC2)c1. The molecule has 1 fully saturated rings. The molecule has 0 radical (unpaired) electrons. The number of ether oxygens (including phenoxy) is 1. The van der Waals surface area contributed by atoms with Crippen molar-refractivity contribution in [3.63, 3.8) is 0 Å². The van der Waals surface area contributed by atoms with E-state index >= 15 is 0 Å². The van der Waals surface area contributed by atoms with E-state index in [2.05, 4.69) is 17.1 Å². The molecule has 0 aromatic carbocycles. The summed E-state index contributed by atoms with van der Waals surface area (Å²) >= 11 is 0. The molecule has 0 N–H and O–H groups in total. The fourth-order valence-corrected chi connectivity index (χ4v) is 2.67. The zero-order chi connectivity index (χ0) is 13.5. The van der Waals surface area contributed by atoms with Crippen molar-refractivity contribution in [1.82, 2.24) is 14.6 Å². The fourth-order valence-electron chi connectivity index (χ4n) is 2.67. The maximum absolute atomic E-state index is 5.27. The molecule has 0 atom stereocenters. The summed E-state index contributed by atoms with van der Waals surface area (Å²) in [5.41, 5.74) is 4.61. The molecule has 0 spiro atoms. The van der Waals surface area contributed by atoms with Gasteiger partial charge in [-0.1, -0.05) is 6.07 Å². The summed E-state index contributed by atoms with van der Waals surface area (Å²) in [5, 5.41) is 4.74. The van der Waals surface area contributed by atoms with Gasteiger partial charge in [0.1, 0.15) is 5.75 Å². The van der Waals surface area contributed by atoms with Crippen LogP contribution in [0.5, 0.6) is 5.75 Å². The average molecular weight is 265 g/mol. The molecule has 3 heterocycles. The summed E-state index contributed by atoms with van der Waals surface area (Å²) in [6.07, 6.45) is 8.08. The molecule has 0 saturated heterocycles. The second-order valence-corrected chi connectivity index (χ2v) is 5.18. The minimum atomic E-state index is 0.635. The van der Waals surface area contributed by atoms with Gasteiger partial charge in [-0.3, -0.25) is 4.98 Å². The van der Waals surface area contributed by atoms with Crippen LogP contribution >= 0.6 is 0 Å². The van der Waals surface area contributed by atoms with Crippen molar-refractivity contribution in [2.45, 2.75) is 18.8 Å². The van der Waals surface area contributed by atoms with Crippen LogP contribution < -0.4 is 4.74 Å². The molecule has 1 aliphatic rings. The number of hydrogen-bond acceptors (Lipinski definition) is 3. The minimum Gasteiger partial charge on any atom is -0.495 e. The van der Waals surface area contributed by atoms with E-state index in [1.165, 1.54) is 23.9 Å². The van der Waals surface area contributed by atoms with Crippen molar-refractivity contribution in [3.05, 3.63) is 48.4 Å². The first kappa shape index (κ1) is 11.5. The van der Waals surface area contributed by atoms with E-state index in [9.17, 15) is 0 Å². The number of rotatable bonds is 3. The Morgan fingerprint density at radius 2 is 2.15 bits per heavy atom. The predicted octanol–water partition coefficient (Wildman–Crippen LogP) is 3.28. The van der Waals surface area contributed by atoms with Gasteiger partial charge in [0.2, 0.25) is 0 Å². The summed E-state index contributed by atoms with van der Waals surface area (Å²) in [7, 11) is 1.66. The first-order valence-corrected chi connectivity index (χ1v) is 6.83. The third-order valence-corrected chi connectivity index (χ3v) is 3.79. The molecule has 20 heavy (non-hydrogen) atoms. The van der Waals surface area contributed by atoms with E-state index in [0.29, 0.717) is 5.92 Å². The van der Waals surface area contributed by atoms with Crippen molar-refractivity contribution in [2.24, 2.45) is 0 Å². The first-order chi connectivity index (χ1) is 9.86. The van der Waals surface area contributed by atoms with Gasteiger partial charge in [0, 0.05) is 23.5 Å². The second kappa shape index (κ2) is 4.34. The second-order valence-electron chi connectivity index (χ2n) is 5.18. The highest BCUT2D eigenvalue weighted by Crippen LogP contribution is 2.46. The number of fused-ring (bicyclic) bond motifs is 1. The van der Waals surface area contributed by atoms with Crippen molar-refractivity contribution >= 4 is 5.52 Å². The quantitative estimate of drug-likeness (QED) is 0.729. The van der Waals surface area contributed by atoms with E-state index in [1.807, 2.05) is 29.0 Å². The Kier molecular flexibility index (Phi) is 2.49. The van der Waals surface area contributed by atoms with Crippen LogP contribution in [0.25, 0.3) is 16.8 Å².